The Kier molecular flexibility index (Phi) is 3.68. The number of ether oxygens (including phenoxy) is 1. The molecule has 80 valence electrons. The molecular formula is C10H13N3O2. The first-order valence-corrected chi connectivity index (χ1v) is 4.37. The molecule has 1 aromatic rings. The Hall–Kier alpha value is -2.04. The van der Waals surface area contributed by atoms with Crippen LogP contribution in [-0.2, 0) is 9.53 Å². The second kappa shape index (κ2) is 4.99. The van der Waals surface area contributed by atoms with E-state index in [9.17, 15) is 4.79 Å². The largest absolute Gasteiger partial charge is 0.463 e. The molecule has 0 aliphatic heterocycles. The van der Waals surface area contributed by atoms with Gasteiger partial charge in [-0.3, -0.25) is 5.43 Å². The predicted octanol–water partition coefficient (Wildman–Crippen LogP) is 0.852. The monoisotopic (exact) mass is 207 g/mol. The molecule has 0 bridgehead atoms. The first-order chi connectivity index (χ1) is 7.13. The van der Waals surface area contributed by atoms with Crippen molar-refractivity contribution in [2.75, 3.05) is 12.5 Å². The molecule has 0 saturated carbocycles. The molecule has 15 heavy (non-hydrogen) atoms. The van der Waals surface area contributed by atoms with Crippen LogP contribution in [0.25, 0.3) is 0 Å². The Labute approximate surface area is 87.9 Å². The minimum atomic E-state index is -0.658. The van der Waals surface area contributed by atoms with Crippen molar-refractivity contribution in [3.8, 4) is 0 Å². The molecule has 0 spiro atoms. The van der Waals surface area contributed by atoms with Crippen molar-refractivity contribution < 1.29 is 9.53 Å². The summed E-state index contributed by atoms with van der Waals surface area (Å²) in [6.45, 7) is 1.98. The van der Waals surface area contributed by atoms with Crippen LogP contribution in [0.3, 0.4) is 0 Å². The van der Waals surface area contributed by atoms with Gasteiger partial charge in [0.05, 0.1) is 12.8 Å². The lowest BCUT2D eigenvalue weighted by atomic mass is 10.2. The average Bonchev–Trinajstić information content (AvgIpc) is 2.26. The van der Waals surface area contributed by atoms with Crippen molar-refractivity contribution >= 4 is 17.5 Å². The first-order valence-electron chi connectivity index (χ1n) is 4.37. The number of anilines is 1. The van der Waals surface area contributed by atoms with E-state index in [1.807, 2.05) is 31.2 Å². The number of aryl methyl sites for hydroxylation is 1. The number of hydrogen-bond acceptors (Lipinski definition) is 4. The molecule has 1 rings (SSSR count). The number of hydrogen-bond donors (Lipinski definition) is 2. The summed E-state index contributed by atoms with van der Waals surface area (Å²) in [7, 11) is 1.25. The standard InChI is InChI=1S/C10H13N3O2/c1-7-3-5-8(6-4-7)12-13-9(11)10(14)15-2/h3-6,12H,1-2H3,(H2,11,13). The maximum atomic E-state index is 10.9. The van der Waals surface area contributed by atoms with E-state index in [0.717, 1.165) is 11.3 Å². The van der Waals surface area contributed by atoms with Crippen LogP contribution in [0, 0.1) is 6.92 Å². The summed E-state index contributed by atoms with van der Waals surface area (Å²) in [5.41, 5.74) is 9.87. The van der Waals surface area contributed by atoms with Crippen molar-refractivity contribution in [2.45, 2.75) is 6.92 Å². The van der Waals surface area contributed by atoms with E-state index in [2.05, 4.69) is 15.3 Å². The lowest BCUT2D eigenvalue weighted by Gasteiger charge is -2.01. The highest BCUT2D eigenvalue weighted by Crippen LogP contribution is 2.07. The molecule has 0 aliphatic carbocycles. The third-order valence-corrected chi connectivity index (χ3v) is 1.75. The summed E-state index contributed by atoms with van der Waals surface area (Å²) >= 11 is 0. The minimum absolute atomic E-state index is 0.210. The Morgan fingerprint density at radius 1 is 1.40 bits per heavy atom. The summed E-state index contributed by atoms with van der Waals surface area (Å²) in [4.78, 5) is 10.9. The van der Waals surface area contributed by atoms with Crippen molar-refractivity contribution in [1.29, 1.82) is 0 Å². The van der Waals surface area contributed by atoms with Gasteiger partial charge in [0, 0.05) is 0 Å². The zero-order chi connectivity index (χ0) is 11.3. The van der Waals surface area contributed by atoms with Crippen molar-refractivity contribution in [1.82, 2.24) is 0 Å². The highest BCUT2D eigenvalue weighted by atomic mass is 16.5. The first kappa shape index (κ1) is 11.0. The minimum Gasteiger partial charge on any atom is -0.463 e. The fourth-order valence-electron chi connectivity index (χ4n) is 0.903. The Morgan fingerprint density at radius 2 is 2.00 bits per heavy atom. The molecule has 0 aliphatic rings. The number of rotatable bonds is 2. The van der Waals surface area contributed by atoms with Crippen LogP contribution in [0.4, 0.5) is 5.69 Å². The number of nitrogens with one attached hydrogen (secondary N) is 1. The number of carbonyl (C=O) groups excluding carboxylic acids is 1. The molecule has 0 fully saturated rings. The van der Waals surface area contributed by atoms with Crippen LogP contribution in [-0.4, -0.2) is 18.9 Å². The summed E-state index contributed by atoms with van der Waals surface area (Å²) in [6, 6.07) is 7.52. The summed E-state index contributed by atoms with van der Waals surface area (Å²) in [5.74, 6) is -0.868. The SMILES string of the molecule is COC(=O)/C(N)=N/Nc1ccc(C)cc1. The maximum absolute atomic E-state index is 10.9. The number of methoxy groups -OCH3 is 1. The molecule has 0 aromatic heterocycles. The van der Waals surface area contributed by atoms with E-state index in [-0.39, 0.29) is 5.84 Å². The second-order valence-electron chi connectivity index (χ2n) is 2.97. The van der Waals surface area contributed by atoms with Gasteiger partial charge in [0.1, 0.15) is 0 Å². The van der Waals surface area contributed by atoms with Crippen molar-refractivity contribution in [2.24, 2.45) is 10.8 Å². The van der Waals surface area contributed by atoms with Gasteiger partial charge in [-0.15, -0.1) is 5.10 Å². The number of hydrazone groups is 1. The molecule has 3 N–H and O–H groups in total. The molecular weight excluding hydrogens is 194 g/mol. The number of carbonyl (C=O) groups is 1. The topological polar surface area (TPSA) is 76.7 Å². The van der Waals surface area contributed by atoms with Gasteiger partial charge in [0.15, 0.2) is 0 Å². The fraction of sp³-hybridized carbons (Fsp3) is 0.200. The van der Waals surface area contributed by atoms with Gasteiger partial charge in [0.25, 0.3) is 0 Å². The molecule has 0 radical (unpaired) electrons. The third kappa shape index (κ3) is 3.30. The lowest BCUT2D eigenvalue weighted by molar-refractivity contribution is -0.132. The van der Waals surface area contributed by atoms with E-state index in [1.165, 1.54) is 7.11 Å². The number of amidine groups is 1. The van der Waals surface area contributed by atoms with E-state index >= 15 is 0 Å². The molecule has 0 unspecified atom stereocenters. The van der Waals surface area contributed by atoms with Gasteiger partial charge >= 0.3 is 5.97 Å². The van der Waals surface area contributed by atoms with Crippen LogP contribution in [0.2, 0.25) is 0 Å². The molecule has 0 amide bonds. The molecule has 5 nitrogen and oxygen atoms in total. The second-order valence-corrected chi connectivity index (χ2v) is 2.97. The van der Waals surface area contributed by atoms with Crippen LogP contribution in [0.5, 0.6) is 0 Å². The zero-order valence-electron chi connectivity index (χ0n) is 8.65. The van der Waals surface area contributed by atoms with Crippen molar-refractivity contribution in [3.05, 3.63) is 29.8 Å². The third-order valence-electron chi connectivity index (χ3n) is 1.75. The van der Waals surface area contributed by atoms with Gasteiger partial charge in [-0.2, -0.15) is 0 Å². The van der Waals surface area contributed by atoms with Crippen LogP contribution in [0.1, 0.15) is 5.56 Å². The van der Waals surface area contributed by atoms with Crippen molar-refractivity contribution in [3.63, 3.8) is 0 Å². The molecule has 0 atom stereocenters. The van der Waals surface area contributed by atoms with Gasteiger partial charge in [-0.05, 0) is 19.1 Å². The normalized spacial score (nSPS) is 10.9. The highest BCUT2D eigenvalue weighted by Gasteiger charge is 2.05. The fourth-order valence-corrected chi connectivity index (χ4v) is 0.903. The predicted molar refractivity (Wildman–Crippen MR) is 58.4 cm³/mol. The lowest BCUT2D eigenvalue weighted by Crippen LogP contribution is -2.26. The summed E-state index contributed by atoms with van der Waals surface area (Å²) in [5, 5.41) is 3.66. The van der Waals surface area contributed by atoms with Crippen LogP contribution >= 0.6 is 0 Å². The van der Waals surface area contributed by atoms with E-state index in [1.54, 1.807) is 0 Å². The number of esters is 1. The number of nitrogens with zero attached hydrogens (tertiary/aromatic N) is 1. The molecule has 0 heterocycles. The molecule has 0 saturated heterocycles. The molecule has 1 aromatic carbocycles. The Morgan fingerprint density at radius 3 is 2.53 bits per heavy atom. The van der Waals surface area contributed by atoms with E-state index in [0.29, 0.717) is 0 Å². The zero-order valence-corrected chi connectivity index (χ0v) is 8.65. The summed E-state index contributed by atoms with van der Waals surface area (Å²) in [6.07, 6.45) is 0. The van der Waals surface area contributed by atoms with Gasteiger partial charge in [-0.25, -0.2) is 4.79 Å². The average molecular weight is 207 g/mol. The molecule has 5 heteroatoms. The highest BCUT2D eigenvalue weighted by molar-refractivity contribution is 6.34. The van der Waals surface area contributed by atoms with Crippen LogP contribution < -0.4 is 11.2 Å². The van der Waals surface area contributed by atoms with Gasteiger partial charge < -0.3 is 10.5 Å². The quantitative estimate of drug-likeness (QED) is 0.326. The smallest absolute Gasteiger partial charge is 0.375 e. The maximum Gasteiger partial charge on any atom is 0.375 e. The Bertz CT molecular complexity index is 371. The number of nitrogens with two attached hydrogens (primary N) is 1. The number of benzene rings is 1. The van der Waals surface area contributed by atoms with E-state index in [4.69, 9.17) is 5.73 Å². The van der Waals surface area contributed by atoms with Gasteiger partial charge in [0.2, 0.25) is 5.84 Å². The van der Waals surface area contributed by atoms with Gasteiger partial charge in [-0.1, -0.05) is 17.7 Å². The summed E-state index contributed by atoms with van der Waals surface area (Å²) < 4.78 is 4.38. The van der Waals surface area contributed by atoms with E-state index < -0.39 is 5.97 Å². The van der Waals surface area contributed by atoms with Crippen LogP contribution in [0.15, 0.2) is 29.4 Å². The Balaban J connectivity index is 2.63.